The number of nitrogens with zero attached hydrogens (tertiary/aromatic N) is 1. The lowest BCUT2D eigenvalue weighted by molar-refractivity contribution is 0.102. The van der Waals surface area contributed by atoms with Crippen LogP contribution < -0.4 is 11.1 Å². The first-order valence-electron chi connectivity index (χ1n) is 4.43. The molecule has 3 N–H and O–H groups in total. The van der Waals surface area contributed by atoms with Crippen LogP contribution in [0.4, 0.5) is 11.4 Å². The zero-order valence-corrected chi connectivity index (χ0v) is 9.69. The van der Waals surface area contributed by atoms with Crippen molar-refractivity contribution in [1.29, 1.82) is 0 Å². The van der Waals surface area contributed by atoms with Crippen LogP contribution >= 0.6 is 15.9 Å². The Morgan fingerprint density at radius 2 is 2.31 bits per heavy atom. The molecule has 0 fully saturated rings. The minimum absolute atomic E-state index is 0.276. The number of aromatic nitrogens is 1. The highest BCUT2D eigenvalue weighted by Crippen LogP contribution is 2.24. The van der Waals surface area contributed by atoms with Crippen molar-refractivity contribution in [3.05, 3.63) is 40.7 Å². The van der Waals surface area contributed by atoms with Gasteiger partial charge in [0.25, 0.3) is 5.91 Å². The number of amides is 1. The zero-order valence-electron chi connectivity index (χ0n) is 8.11. The molecule has 1 heterocycles. The van der Waals surface area contributed by atoms with Crippen LogP contribution in [0.3, 0.4) is 0 Å². The molecule has 5 nitrogen and oxygen atoms in total. The Labute approximate surface area is 99.7 Å². The van der Waals surface area contributed by atoms with E-state index in [2.05, 4.69) is 30.9 Å². The molecule has 1 aromatic heterocycles. The summed E-state index contributed by atoms with van der Waals surface area (Å²) in [6.45, 7) is 0. The van der Waals surface area contributed by atoms with Crippen LogP contribution in [0.5, 0.6) is 0 Å². The van der Waals surface area contributed by atoms with Crippen LogP contribution in [0.2, 0.25) is 0 Å². The van der Waals surface area contributed by atoms with Gasteiger partial charge in [-0.05, 0) is 28.1 Å². The van der Waals surface area contributed by atoms with E-state index in [1.54, 1.807) is 18.2 Å². The SMILES string of the molecule is Nc1cccc(C(=O)Nc2cnoc2)c1Br. The Balaban J connectivity index is 2.24. The molecular weight excluding hydrogens is 274 g/mol. The van der Waals surface area contributed by atoms with Crippen molar-refractivity contribution in [3.63, 3.8) is 0 Å². The third-order valence-electron chi connectivity index (χ3n) is 1.96. The number of anilines is 2. The van der Waals surface area contributed by atoms with E-state index in [0.717, 1.165) is 0 Å². The molecule has 16 heavy (non-hydrogen) atoms. The second-order valence-electron chi connectivity index (χ2n) is 3.08. The fraction of sp³-hybridized carbons (Fsp3) is 0. The van der Waals surface area contributed by atoms with E-state index in [1.165, 1.54) is 12.5 Å². The normalized spacial score (nSPS) is 10.1. The highest BCUT2D eigenvalue weighted by atomic mass is 79.9. The largest absolute Gasteiger partial charge is 0.398 e. The van der Waals surface area contributed by atoms with Crippen molar-refractivity contribution < 1.29 is 9.32 Å². The van der Waals surface area contributed by atoms with Crippen LogP contribution in [-0.2, 0) is 0 Å². The summed E-state index contributed by atoms with van der Waals surface area (Å²) in [6.07, 6.45) is 2.76. The molecule has 0 bridgehead atoms. The van der Waals surface area contributed by atoms with E-state index in [4.69, 9.17) is 5.73 Å². The van der Waals surface area contributed by atoms with E-state index in [1.807, 2.05) is 0 Å². The van der Waals surface area contributed by atoms with E-state index >= 15 is 0 Å². The predicted octanol–water partition coefficient (Wildman–Crippen LogP) is 2.27. The van der Waals surface area contributed by atoms with Crippen molar-refractivity contribution in [3.8, 4) is 0 Å². The summed E-state index contributed by atoms with van der Waals surface area (Å²) in [7, 11) is 0. The monoisotopic (exact) mass is 281 g/mol. The Kier molecular flexibility index (Phi) is 2.91. The van der Waals surface area contributed by atoms with Gasteiger partial charge in [-0.15, -0.1) is 0 Å². The average molecular weight is 282 g/mol. The molecule has 82 valence electrons. The Hall–Kier alpha value is -1.82. The number of hydrogen-bond donors (Lipinski definition) is 2. The Morgan fingerprint density at radius 1 is 1.50 bits per heavy atom. The zero-order chi connectivity index (χ0) is 11.5. The van der Waals surface area contributed by atoms with Gasteiger partial charge in [0, 0.05) is 5.69 Å². The van der Waals surface area contributed by atoms with E-state index in [0.29, 0.717) is 21.4 Å². The maximum Gasteiger partial charge on any atom is 0.257 e. The molecule has 0 saturated carbocycles. The molecule has 1 amide bonds. The topological polar surface area (TPSA) is 81.2 Å². The van der Waals surface area contributed by atoms with Crippen LogP contribution in [0.15, 0.2) is 39.7 Å². The molecule has 0 aliphatic heterocycles. The number of nitrogens with two attached hydrogens (primary N) is 1. The molecule has 0 aliphatic rings. The molecule has 6 heteroatoms. The summed E-state index contributed by atoms with van der Waals surface area (Å²) in [5, 5.41) is 6.11. The number of nitrogens with one attached hydrogen (secondary N) is 1. The van der Waals surface area contributed by atoms with Crippen molar-refractivity contribution in [1.82, 2.24) is 5.16 Å². The number of carbonyl (C=O) groups is 1. The van der Waals surface area contributed by atoms with Crippen LogP contribution in [0.1, 0.15) is 10.4 Å². The van der Waals surface area contributed by atoms with Crippen molar-refractivity contribution in [2.24, 2.45) is 0 Å². The van der Waals surface area contributed by atoms with Crippen molar-refractivity contribution in [2.75, 3.05) is 11.1 Å². The van der Waals surface area contributed by atoms with Gasteiger partial charge in [-0.2, -0.15) is 0 Å². The summed E-state index contributed by atoms with van der Waals surface area (Å²) < 4.78 is 5.18. The first-order valence-corrected chi connectivity index (χ1v) is 5.22. The van der Waals surface area contributed by atoms with Gasteiger partial charge in [0.15, 0.2) is 0 Å². The summed E-state index contributed by atoms with van der Waals surface area (Å²) in [5.74, 6) is -0.276. The summed E-state index contributed by atoms with van der Waals surface area (Å²) in [4.78, 5) is 11.8. The molecule has 0 unspecified atom stereocenters. The number of nitrogen functional groups attached to an aromatic ring is 1. The van der Waals surface area contributed by atoms with Gasteiger partial charge in [-0.1, -0.05) is 11.2 Å². The molecule has 0 radical (unpaired) electrons. The maximum absolute atomic E-state index is 11.8. The van der Waals surface area contributed by atoms with E-state index in [-0.39, 0.29) is 5.91 Å². The second kappa shape index (κ2) is 4.36. The average Bonchev–Trinajstić information content (AvgIpc) is 2.74. The van der Waals surface area contributed by atoms with Gasteiger partial charge in [0.2, 0.25) is 0 Å². The van der Waals surface area contributed by atoms with Crippen LogP contribution in [-0.4, -0.2) is 11.1 Å². The molecule has 2 aromatic rings. The van der Waals surface area contributed by atoms with E-state index in [9.17, 15) is 4.79 Å². The van der Waals surface area contributed by atoms with Gasteiger partial charge in [-0.25, -0.2) is 0 Å². The summed E-state index contributed by atoms with van der Waals surface area (Å²) in [5.41, 5.74) is 7.14. The molecule has 2 rings (SSSR count). The fourth-order valence-electron chi connectivity index (χ4n) is 1.19. The number of benzene rings is 1. The third kappa shape index (κ3) is 2.06. The first-order chi connectivity index (χ1) is 7.68. The standard InChI is InChI=1S/C10H8BrN3O2/c11-9-7(2-1-3-8(9)12)10(15)14-6-4-13-16-5-6/h1-5H,12H2,(H,14,15). The first kappa shape index (κ1) is 10.7. The van der Waals surface area contributed by atoms with Gasteiger partial charge in [0.1, 0.15) is 12.0 Å². The third-order valence-corrected chi connectivity index (χ3v) is 2.85. The van der Waals surface area contributed by atoms with Gasteiger partial charge in [-0.3, -0.25) is 4.79 Å². The maximum atomic E-state index is 11.8. The van der Waals surface area contributed by atoms with Crippen LogP contribution in [0.25, 0.3) is 0 Å². The molecule has 1 aromatic carbocycles. The molecule has 0 atom stereocenters. The molecule has 0 aliphatic carbocycles. The highest BCUT2D eigenvalue weighted by Gasteiger charge is 2.12. The second-order valence-corrected chi connectivity index (χ2v) is 3.87. The highest BCUT2D eigenvalue weighted by molar-refractivity contribution is 9.10. The molecule has 0 saturated heterocycles. The Morgan fingerprint density at radius 3 is 3.00 bits per heavy atom. The molecular formula is C10H8BrN3O2. The van der Waals surface area contributed by atoms with Crippen molar-refractivity contribution in [2.45, 2.75) is 0 Å². The number of carbonyl (C=O) groups excluding carboxylic acids is 1. The lowest BCUT2D eigenvalue weighted by Crippen LogP contribution is -2.12. The van der Waals surface area contributed by atoms with Gasteiger partial charge in [0.05, 0.1) is 16.2 Å². The minimum atomic E-state index is -0.276. The quantitative estimate of drug-likeness (QED) is 0.828. The summed E-state index contributed by atoms with van der Waals surface area (Å²) >= 11 is 3.26. The lowest BCUT2D eigenvalue weighted by atomic mass is 10.2. The summed E-state index contributed by atoms with van der Waals surface area (Å²) in [6, 6.07) is 5.09. The molecule has 0 spiro atoms. The lowest BCUT2D eigenvalue weighted by Gasteiger charge is -2.06. The van der Waals surface area contributed by atoms with Crippen molar-refractivity contribution >= 4 is 33.2 Å². The van der Waals surface area contributed by atoms with Gasteiger partial charge >= 0.3 is 0 Å². The number of hydrogen-bond acceptors (Lipinski definition) is 4. The number of rotatable bonds is 2. The fourth-order valence-corrected chi connectivity index (χ4v) is 1.63. The number of halogens is 1. The predicted molar refractivity (Wildman–Crippen MR) is 63.0 cm³/mol. The van der Waals surface area contributed by atoms with Gasteiger partial charge < -0.3 is 15.6 Å². The van der Waals surface area contributed by atoms with E-state index < -0.39 is 0 Å². The smallest absolute Gasteiger partial charge is 0.257 e. The minimum Gasteiger partial charge on any atom is -0.398 e. The Bertz CT molecular complexity index is 511. The van der Waals surface area contributed by atoms with Crippen LogP contribution in [0, 0.1) is 0 Å².